The Labute approximate surface area is 126 Å². The summed E-state index contributed by atoms with van der Waals surface area (Å²) in [7, 11) is 1.65. The number of carbonyl (C=O) groups is 1. The zero-order valence-electron chi connectivity index (χ0n) is 13.5. The highest BCUT2D eigenvalue weighted by Crippen LogP contribution is 2.23. The molecule has 0 saturated carbocycles. The second-order valence-corrected chi connectivity index (χ2v) is 6.18. The lowest BCUT2D eigenvalue weighted by Crippen LogP contribution is -2.33. The van der Waals surface area contributed by atoms with Crippen LogP contribution < -0.4 is 16.6 Å². The van der Waals surface area contributed by atoms with E-state index in [2.05, 4.69) is 15.7 Å². The number of carbonyl (C=O) groups excluding carboxylic acids is 1. The van der Waals surface area contributed by atoms with Gasteiger partial charge in [0.1, 0.15) is 5.82 Å². The van der Waals surface area contributed by atoms with Crippen molar-refractivity contribution in [3.05, 3.63) is 23.4 Å². The van der Waals surface area contributed by atoms with Gasteiger partial charge in [0, 0.05) is 36.4 Å². The highest BCUT2D eigenvalue weighted by Gasteiger charge is 2.19. The van der Waals surface area contributed by atoms with Crippen LogP contribution in [0.5, 0.6) is 0 Å². The zero-order chi connectivity index (χ0) is 16.0. The Bertz CT molecular complexity index is 483. The number of nitrogen functional groups attached to an aromatic ring is 1. The van der Waals surface area contributed by atoms with Gasteiger partial charge in [0.25, 0.3) is 5.91 Å². The number of rotatable bonds is 6. The number of pyridine rings is 1. The van der Waals surface area contributed by atoms with Crippen LogP contribution in [0.3, 0.4) is 0 Å². The number of aromatic nitrogens is 1. The van der Waals surface area contributed by atoms with Gasteiger partial charge < -0.3 is 15.5 Å². The second-order valence-electron chi connectivity index (χ2n) is 6.18. The van der Waals surface area contributed by atoms with E-state index in [0.29, 0.717) is 18.0 Å². The Balaban J connectivity index is 2.93. The van der Waals surface area contributed by atoms with Gasteiger partial charge in [0.05, 0.1) is 0 Å². The number of hydrogen-bond acceptors (Lipinski definition) is 5. The summed E-state index contributed by atoms with van der Waals surface area (Å²) in [4.78, 5) is 16.7. The van der Waals surface area contributed by atoms with Crippen molar-refractivity contribution in [1.29, 1.82) is 0 Å². The first kappa shape index (κ1) is 17.4. The summed E-state index contributed by atoms with van der Waals surface area (Å²) in [6, 6.07) is 3.49. The van der Waals surface area contributed by atoms with Crippen LogP contribution in [0.25, 0.3) is 0 Å². The van der Waals surface area contributed by atoms with Gasteiger partial charge in [-0.3, -0.25) is 4.79 Å². The van der Waals surface area contributed by atoms with Crippen LogP contribution in [0.4, 0.5) is 5.82 Å². The molecule has 6 heteroatoms. The lowest BCUT2D eigenvalue weighted by molar-refractivity contribution is 0.0929. The number of hydrogen-bond donors (Lipinski definition) is 3. The molecule has 118 valence electrons. The first-order chi connectivity index (χ1) is 9.77. The lowest BCUT2D eigenvalue weighted by atomic mass is 9.90. The molecule has 0 aliphatic heterocycles. The fraction of sp³-hybridized carbons (Fsp3) is 0.600. The molecule has 4 N–H and O–H groups in total. The Morgan fingerprint density at radius 3 is 2.62 bits per heavy atom. The summed E-state index contributed by atoms with van der Waals surface area (Å²) in [5, 5.41) is 2.95. The number of anilines is 1. The average molecular weight is 294 g/mol. The number of nitrogens with one attached hydrogen (secondary N) is 2. The fourth-order valence-electron chi connectivity index (χ4n) is 1.79. The number of methoxy groups -OCH3 is 1. The predicted octanol–water partition coefficient (Wildman–Crippen LogP) is 1.82. The van der Waals surface area contributed by atoms with E-state index in [9.17, 15) is 4.79 Å². The topological polar surface area (TPSA) is 89.3 Å². The van der Waals surface area contributed by atoms with Crippen molar-refractivity contribution in [3.63, 3.8) is 0 Å². The summed E-state index contributed by atoms with van der Waals surface area (Å²) in [6.45, 7) is 8.68. The number of amides is 1. The van der Waals surface area contributed by atoms with Gasteiger partial charge in [-0.2, -0.15) is 0 Å². The number of nitrogens with zero attached hydrogens (tertiary/aromatic N) is 1. The molecule has 0 bridgehead atoms. The van der Waals surface area contributed by atoms with E-state index in [0.717, 1.165) is 12.1 Å². The Morgan fingerprint density at radius 1 is 1.43 bits per heavy atom. The summed E-state index contributed by atoms with van der Waals surface area (Å²) >= 11 is 0. The molecule has 1 aromatic heterocycles. The van der Waals surface area contributed by atoms with E-state index in [1.165, 1.54) is 0 Å². The molecule has 0 spiro atoms. The molecule has 21 heavy (non-hydrogen) atoms. The maximum Gasteiger partial charge on any atom is 0.251 e. The van der Waals surface area contributed by atoms with Crippen LogP contribution in [-0.2, 0) is 10.2 Å². The van der Waals surface area contributed by atoms with E-state index in [1.807, 2.05) is 27.7 Å². The lowest BCUT2D eigenvalue weighted by Gasteiger charge is -2.20. The van der Waals surface area contributed by atoms with Gasteiger partial charge in [-0.15, -0.1) is 0 Å². The standard InChI is InChI=1S/C15H26N4O2/c1-10(6-7-21-5)17-14(20)11-8-12(15(2,3)4)18-13(9-11)19-16/h8-10H,6-7,16H2,1-5H3,(H,17,20)(H,18,19). The molecule has 1 heterocycles. The quantitative estimate of drug-likeness (QED) is 0.550. The minimum Gasteiger partial charge on any atom is -0.385 e. The van der Waals surface area contributed by atoms with Crippen LogP contribution in [-0.4, -0.2) is 30.6 Å². The van der Waals surface area contributed by atoms with E-state index in [4.69, 9.17) is 10.6 Å². The summed E-state index contributed by atoms with van der Waals surface area (Å²) < 4.78 is 5.01. The number of ether oxygens (including phenoxy) is 1. The van der Waals surface area contributed by atoms with Gasteiger partial charge in [-0.05, 0) is 25.5 Å². The molecular weight excluding hydrogens is 268 g/mol. The van der Waals surface area contributed by atoms with Crippen molar-refractivity contribution in [2.24, 2.45) is 5.84 Å². The third-order valence-corrected chi connectivity index (χ3v) is 3.14. The smallest absolute Gasteiger partial charge is 0.251 e. The summed E-state index contributed by atoms with van der Waals surface area (Å²) in [6.07, 6.45) is 0.765. The number of hydrazine groups is 1. The number of nitrogens with two attached hydrogens (primary N) is 1. The second kappa shape index (κ2) is 7.38. The molecular formula is C15H26N4O2. The van der Waals surface area contributed by atoms with Crippen molar-refractivity contribution in [1.82, 2.24) is 10.3 Å². The van der Waals surface area contributed by atoms with Crippen LogP contribution in [0.1, 0.15) is 50.2 Å². The fourth-order valence-corrected chi connectivity index (χ4v) is 1.79. The van der Waals surface area contributed by atoms with Gasteiger partial charge >= 0.3 is 0 Å². The maximum atomic E-state index is 12.3. The normalized spacial score (nSPS) is 12.9. The van der Waals surface area contributed by atoms with Crippen molar-refractivity contribution >= 4 is 11.7 Å². The van der Waals surface area contributed by atoms with E-state index in [1.54, 1.807) is 19.2 Å². The van der Waals surface area contributed by atoms with Crippen LogP contribution >= 0.6 is 0 Å². The van der Waals surface area contributed by atoms with Gasteiger partial charge in [0.2, 0.25) is 0 Å². The monoisotopic (exact) mass is 294 g/mol. The molecule has 0 saturated heterocycles. The molecule has 1 atom stereocenters. The molecule has 1 unspecified atom stereocenters. The molecule has 0 radical (unpaired) electrons. The highest BCUT2D eigenvalue weighted by molar-refractivity contribution is 5.95. The molecule has 0 aliphatic rings. The Morgan fingerprint density at radius 2 is 2.10 bits per heavy atom. The van der Waals surface area contributed by atoms with Gasteiger partial charge in [0.15, 0.2) is 0 Å². The van der Waals surface area contributed by atoms with Crippen molar-refractivity contribution < 1.29 is 9.53 Å². The minimum atomic E-state index is -0.163. The average Bonchev–Trinajstić information content (AvgIpc) is 2.43. The SMILES string of the molecule is COCCC(C)NC(=O)c1cc(NN)nc(C(C)(C)C)c1. The molecule has 0 aliphatic carbocycles. The third kappa shape index (κ3) is 5.32. The van der Waals surface area contributed by atoms with Crippen molar-refractivity contribution in [2.75, 3.05) is 19.1 Å². The van der Waals surface area contributed by atoms with Gasteiger partial charge in [-0.1, -0.05) is 20.8 Å². The van der Waals surface area contributed by atoms with Crippen LogP contribution in [0.15, 0.2) is 12.1 Å². The molecule has 0 fully saturated rings. The molecule has 0 aromatic carbocycles. The Kier molecular flexibility index (Phi) is 6.11. The first-order valence-electron chi connectivity index (χ1n) is 7.07. The predicted molar refractivity (Wildman–Crippen MR) is 84.2 cm³/mol. The Hall–Kier alpha value is -1.66. The first-order valence-corrected chi connectivity index (χ1v) is 7.07. The van der Waals surface area contributed by atoms with Crippen LogP contribution in [0.2, 0.25) is 0 Å². The highest BCUT2D eigenvalue weighted by atomic mass is 16.5. The van der Waals surface area contributed by atoms with E-state index >= 15 is 0 Å². The van der Waals surface area contributed by atoms with Gasteiger partial charge in [-0.25, -0.2) is 10.8 Å². The van der Waals surface area contributed by atoms with Crippen LogP contribution in [0, 0.1) is 0 Å². The third-order valence-electron chi connectivity index (χ3n) is 3.14. The molecule has 1 amide bonds. The van der Waals surface area contributed by atoms with E-state index < -0.39 is 0 Å². The minimum absolute atomic E-state index is 0.0398. The molecule has 1 aromatic rings. The summed E-state index contributed by atoms with van der Waals surface area (Å²) in [5.74, 6) is 5.78. The molecule has 6 nitrogen and oxygen atoms in total. The molecule has 1 rings (SSSR count). The largest absolute Gasteiger partial charge is 0.385 e. The van der Waals surface area contributed by atoms with E-state index in [-0.39, 0.29) is 17.4 Å². The maximum absolute atomic E-state index is 12.3. The zero-order valence-corrected chi connectivity index (χ0v) is 13.5. The van der Waals surface area contributed by atoms with Crippen molar-refractivity contribution in [2.45, 2.75) is 45.6 Å². The van der Waals surface area contributed by atoms with Crippen molar-refractivity contribution in [3.8, 4) is 0 Å². The summed E-state index contributed by atoms with van der Waals surface area (Å²) in [5.41, 5.74) is 3.71.